The average Bonchev–Trinajstić information content (AvgIpc) is 2.28. The molecule has 1 aromatic rings. The monoisotopic (exact) mass is 233 g/mol. The minimum Gasteiger partial charge on any atom is -0.326 e. The van der Waals surface area contributed by atoms with Crippen molar-refractivity contribution in [2.45, 2.75) is 12.5 Å². The van der Waals surface area contributed by atoms with Crippen LogP contribution < -0.4 is 16.4 Å². The molecule has 1 heterocycles. The van der Waals surface area contributed by atoms with Crippen LogP contribution in [-0.2, 0) is 16.1 Å². The zero-order valence-electron chi connectivity index (χ0n) is 8.90. The van der Waals surface area contributed by atoms with Gasteiger partial charge in [-0.3, -0.25) is 20.2 Å². The molecule has 1 saturated heterocycles. The predicted octanol–water partition coefficient (Wildman–Crippen LogP) is -0.405. The van der Waals surface area contributed by atoms with Gasteiger partial charge in [0.05, 0.1) is 0 Å². The van der Waals surface area contributed by atoms with E-state index in [0.29, 0.717) is 12.1 Å². The molecule has 1 fully saturated rings. The molecule has 4 N–H and O–H groups in total. The van der Waals surface area contributed by atoms with Crippen molar-refractivity contribution in [1.29, 1.82) is 0 Å². The number of barbiturate groups is 1. The van der Waals surface area contributed by atoms with Crippen molar-refractivity contribution in [2.75, 3.05) is 0 Å². The van der Waals surface area contributed by atoms with E-state index in [1.807, 2.05) is 0 Å². The summed E-state index contributed by atoms with van der Waals surface area (Å²) in [5, 5.41) is 4.10. The first-order chi connectivity index (χ1) is 8.11. The van der Waals surface area contributed by atoms with Crippen molar-refractivity contribution in [1.82, 2.24) is 10.6 Å². The molecule has 1 aliphatic rings. The lowest BCUT2D eigenvalue weighted by molar-refractivity contribution is -0.132. The van der Waals surface area contributed by atoms with Gasteiger partial charge in [0.2, 0.25) is 11.8 Å². The van der Waals surface area contributed by atoms with E-state index in [1.54, 1.807) is 24.3 Å². The Morgan fingerprint density at radius 1 is 1.00 bits per heavy atom. The lowest BCUT2D eigenvalue weighted by Crippen LogP contribution is -2.54. The number of nitrogens with two attached hydrogens (primary N) is 1. The summed E-state index contributed by atoms with van der Waals surface area (Å²) in [6.07, 6.45) is 0. The highest BCUT2D eigenvalue weighted by atomic mass is 16.2. The topological polar surface area (TPSA) is 101 Å². The van der Waals surface area contributed by atoms with Crippen LogP contribution in [0.25, 0.3) is 0 Å². The number of nitrogens with one attached hydrogen (secondary N) is 2. The molecule has 0 aliphatic carbocycles. The number of amides is 4. The first kappa shape index (κ1) is 11.3. The zero-order chi connectivity index (χ0) is 12.4. The van der Waals surface area contributed by atoms with E-state index in [4.69, 9.17) is 5.73 Å². The highest BCUT2D eigenvalue weighted by Gasteiger charge is 2.35. The van der Waals surface area contributed by atoms with Gasteiger partial charge >= 0.3 is 6.03 Å². The summed E-state index contributed by atoms with van der Waals surface area (Å²) in [6.45, 7) is 0.391. The van der Waals surface area contributed by atoms with E-state index in [0.717, 1.165) is 5.56 Å². The third-order valence-electron chi connectivity index (χ3n) is 2.55. The third kappa shape index (κ3) is 2.16. The summed E-state index contributed by atoms with van der Waals surface area (Å²) in [4.78, 5) is 34.0. The molecule has 6 nitrogen and oxygen atoms in total. The largest absolute Gasteiger partial charge is 0.328 e. The number of carbonyl (C=O) groups excluding carboxylic acids is 3. The van der Waals surface area contributed by atoms with Gasteiger partial charge in [0.15, 0.2) is 0 Å². The second-order valence-electron chi connectivity index (χ2n) is 3.69. The number of urea groups is 1. The third-order valence-corrected chi connectivity index (χ3v) is 2.55. The number of rotatable bonds is 2. The summed E-state index contributed by atoms with van der Waals surface area (Å²) >= 11 is 0. The van der Waals surface area contributed by atoms with Gasteiger partial charge < -0.3 is 5.73 Å². The minimum atomic E-state index is -0.987. The Kier molecular flexibility index (Phi) is 2.88. The van der Waals surface area contributed by atoms with Gasteiger partial charge in [0, 0.05) is 6.54 Å². The van der Waals surface area contributed by atoms with Gasteiger partial charge in [-0.25, -0.2) is 4.79 Å². The lowest BCUT2D eigenvalue weighted by atomic mass is 9.95. The van der Waals surface area contributed by atoms with Gasteiger partial charge in [-0.05, 0) is 11.1 Å². The van der Waals surface area contributed by atoms with Gasteiger partial charge in [-0.15, -0.1) is 0 Å². The molecule has 2 rings (SSSR count). The van der Waals surface area contributed by atoms with Crippen molar-refractivity contribution < 1.29 is 14.4 Å². The normalized spacial score (nSPS) is 16.6. The molecular weight excluding hydrogens is 222 g/mol. The summed E-state index contributed by atoms with van der Waals surface area (Å²) in [7, 11) is 0. The SMILES string of the molecule is NCc1ccc(C2C(=O)NC(=O)NC2=O)cc1. The summed E-state index contributed by atoms with van der Waals surface area (Å²) in [6, 6.07) is 6.01. The summed E-state index contributed by atoms with van der Waals surface area (Å²) < 4.78 is 0. The van der Waals surface area contributed by atoms with E-state index in [-0.39, 0.29) is 0 Å². The van der Waals surface area contributed by atoms with Gasteiger partial charge in [0.25, 0.3) is 0 Å². The fourth-order valence-corrected chi connectivity index (χ4v) is 1.67. The molecular formula is C11H11N3O3. The van der Waals surface area contributed by atoms with E-state index in [1.165, 1.54) is 0 Å². The number of benzene rings is 1. The Hall–Kier alpha value is -2.21. The number of hydrogen-bond donors (Lipinski definition) is 3. The maximum absolute atomic E-state index is 11.6. The van der Waals surface area contributed by atoms with Crippen LogP contribution in [0.1, 0.15) is 17.0 Å². The van der Waals surface area contributed by atoms with Crippen molar-refractivity contribution >= 4 is 17.8 Å². The smallest absolute Gasteiger partial charge is 0.326 e. The number of carbonyl (C=O) groups is 3. The van der Waals surface area contributed by atoms with Crippen LogP contribution in [0.3, 0.4) is 0 Å². The Balaban J connectivity index is 2.28. The second kappa shape index (κ2) is 4.34. The zero-order valence-corrected chi connectivity index (χ0v) is 8.90. The van der Waals surface area contributed by atoms with Crippen LogP contribution in [0.5, 0.6) is 0 Å². The predicted molar refractivity (Wildman–Crippen MR) is 58.8 cm³/mol. The molecule has 17 heavy (non-hydrogen) atoms. The second-order valence-corrected chi connectivity index (χ2v) is 3.69. The molecule has 1 aromatic carbocycles. The van der Waals surface area contributed by atoms with Crippen LogP contribution in [0.15, 0.2) is 24.3 Å². The van der Waals surface area contributed by atoms with Crippen LogP contribution >= 0.6 is 0 Å². The molecule has 6 heteroatoms. The number of hydrogen-bond acceptors (Lipinski definition) is 4. The highest BCUT2D eigenvalue weighted by Crippen LogP contribution is 2.19. The molecule has 0 spiro atoms. The van der Waals surface area contributed by atoms with Crippen molar-refractivity contribution in [3.05, 3.63) is 35.4 Å². The molecule has 1 aliphatic heterocycles. The maximum atomic E-state index is 11.6. The Morgan fingerprint density at radius 2 is 1.53 bits per heavy atom. The fourth-order valence-electron chi connectivity index (χ4n) is 1.67. The summed E-state index contributed by atoms with van der Waals surface area (Å²) in [5.74, 6) is -2.21. The van der Waals surface area contributed by atoms with Crippen LogP contribution in [0.4, 0.5) is 4.79 Å². The first-order valence-corrected chi connectivity index (χ1v) is 5.06. The van der Waals surface area contributed by atoms with Crippen molar-refractivity contribution in [3.8, 4) is 0 Å². The van der Waals surface area contributed by atoms with Crippen LogP contribution in [0, 0.1) is 0 Å². The van der Waals surface area contributed by atoms with Gasteiger partial charge in [0.1, 0.15) is 5.92 Å². The molecule has 0 unspecified atom stereocenters. The molecule has 0 atom stereocenters. The average molecular weight is 233 g/mol. The molecule has 0 radical (unpaired) electrons. The van der Waals surface area contributed by atoms with Gasteiger partial charge in [-0.1, -0.05) is 24.3 Å². The standard InChI is InChI=1S/C11H11N3O3/c12-5-6-1-3-7(4-2-6)8-9(15)13-11(17)14-10(8)16/h1-4,8H,5,12H2,(H2,13,14,15,16,17). The molecule has 0 aromatic heterocycles. The first-order valence-electron chi connectivity index (χ1n) is 5.06. The molecule has 0 saturated carbocycles. The highest BCUT2D eigenvalue weighted by molar-refractivity contribution is 6.19. The van der Waals surface area contributed by atoms with E-state index < -0.39 is 23.8 Å². The Bertz CT molecular complexity index is 461. The Labute approximate surface area is 97.2 Å². The van der Waals surface area contributed by atoms with Gasteiger partial charge in [-0.2, -0.15) is 0 Å². The van der Waals surface area contributed by atoms with Crippen LogP contribution in [-0.4, -0.2) is 17.8 Å². The van der Waals surface area contributed by atoms with E-state index >= 15 is 0 Å². The quantitative estimate of drug-likeness (QED) is 0.604. The van der Waals surface area contributed by atoms with Crippen molar-refractivity contribution in [3.63, 3.8) is 0 Å². The minimum absolute atomic E-state index is 0.391. The van der Waals surface area contributed by atoms with Crippen molar-refractivity contribution in [2.24, 2.45) is 5.73 Å². The van der Waals surface area contributed by atoms with E-state index in [9.17, 15) is 14.4 Å². The van der Waals surface area contributed by atoms with Crippen LogP contribution in [0.2, 0.25) is 0 Å². The Morgan fingerprint density at radius 3 is 2.00 bits per heavy atom. The maximum Gasteiger partial charge on any atom is 0.328 e. The molecule has 4 amide bonds. The molecule has 88 valence electrons. The fraction of sp³-hybridized carbons (Fsp3) is 0.182. The number of imide groups is 2. The molecule has 0 bridgehead atoms. The van der Waals surface area contributed by atoms with E-state index in [2.05, 4.69) is 10.6 Å². The summed E-state index contributed by atoms with van der Waals surface area (Å²) in [5.41, 5.74) is 6.88. The lowest BCUT2D eigenvalue weighted by Gasteiger charge is -2.20.